The highest BCUT2D eigenvalue weighted by Gasteiger charge is 2.14. The third kappa shape index (κ3) is 6.03. The maximum atomic E-state index is 12.1. The van der Waals surface area contributed by atoms with Crippen molar-refractivity contribution in [3.8, 4) is 11.5 Å². The molecule has 0 bridgehead atoms. The van der Waals surface area contributed by atoms with Gasteiger partial charge in [-0.15, -0.1) is 0 Å². The van der Waals surface area contributed by atoms with Gasteiger partial charge in [-0.1, -0.05) is 0 Å². The average molecular weight is 308 g/mol. The molecule has 0 aromatic heterocycles. The molecule has 0 radical (unpaired) electrons. The Labute approximate surface area is 131 Å². The molecule has 0 aliphatic heterocycles. The molecule has 2 N–H and O–H groups in total. The van der Waals surface area contributed by atoms with Gasteiger partial charge in [0, 0.05) is 30.1 Å². The molecule has 1 aromatic carbocycles. The molecule has 1 rings (SSSR count). The lowest BCUT2D eigenvalue weighted by Gasteiger charge is -2.20. The summed E-state index contributed by atoms with van der Waals surface area (Å²) in [6.07, 6.45) is 0.226. The van der Waals surface area contributed by atoms with Crippen LogP contribution in [0, 0.1) is 0 Å². The van der Waals surface area contributed by atoms with Gasteiger partial charge >= 0.3 is 0 Å². The minimum Gasteiger partial charge on any atom is -0.497 e. The zero-order valence-electron chi connectivity index (χ0n) is 13.8. The standard InChI is InChI=1S/C16H24N2O4/c1-16(2,3)18-14(19)6-7-17-15(20)11-8-12(21-4)10-13(9-11)22-5/h8-10H,6-7H2,1-5H3,(H,17,20)(H,18,19). The van der Waals surface area contributed by atoms with Crippen molar-refractivity contribution in [1.82, 2.24) is 10.6 Å². The molecule has 0 heterocycles. The van der Waals surface area contributed by atoms with Gasteiger partial charge < -0.3 is 20.1 Å². The van der Waals surface area contributed by atoms with Crippen molar-refractivity contribution in [2.75, 3.05) is 20.8 Å². The molecule has 6 nitrogen and oxygen atoms in total. The first-order valence-electron chi connectivity index (χ1n) is 7.07. The molecule has 1 aromatic rings. The Bertz CT molecular complexity index is 513. The highest BCUT2D eigenvalue weighted by molar-refractivity contribution is 5.95. The number of rotatable bonds is 6. The third-order valence-corrected chi connectivity index (χ3v) is 2.77. The smallest absolute Gasteiger partial charge is 0.251 e. The molecule has 22 heavy (non-hydrogen) atoms. The number of carbonyl (C=O) groups excluding carboxylic acids is 2. The van der Waals surface area contributed by atoms with Gasteiger partial charge in [0.15, 0.2) is 0 Å². The summed E-state index contributed by atoms with van der Waals surface area (Å²) >= 11 is 0. The van der Waals surface area contributed by atoms with Crippen LogP contribution in [0.25, 0.3) is 0 Å². The Morgan fingerprint density at radius 1 is 1.05 bits per heavy atom. The van der Waals surface area contributed by atoms with Crippen LogP contribution in [0.1, 0.15) is 37.6 Å². The summed E-state index contributed by atoms with van der Waals surface area (Å²) in [5.41, 5.74) is 0.147. The van der Waals surface area contributed by atoms with E-state index in [2.05, 4.69) is 10.6 Å². The van der Waals surface area contributed by atoms with Gasteiger partial charge in [-0.3, -0.25) is 9.59 Å². The lowest BCUT2D eigenvalue weighted by molar-refractivity contribution is -0.122. The van der Waals surface area contributed by atoms with E-state index in [0.717, 1.165) is 0 Å². The van der Waals surface area contributed by atoms with Crippen LogP contribution in [0.15, 0.2) is 18.2 Å². The van der Waals surface area contributed by atoms with Crippen LogP contribution in [0.4, 0.5) is 0 Å². The summed E-state index contributed by atoms with van der Waals surface area (Å²) in [5.74, 6) is 0.696. The summed E-state index contributed by atoms with van der Waals surface area (Å²) in [7, 11) is 3.04. The molecule has 0 saturated heterocycles. The van der Waals surface area contributed by atoms with Crippen molar-refractivity contribution in [1.29, 1.82) is 0 Å². The number of carbonyl (C=O) groups is 2. The van der Waals surface area contributed by atoms with E-state index in [1.807, 2.05) is 20.8 Å². The molecular weight excluding hydrogens is 284 g/mol. The van der Waals surface area contributed by atoms with Crippen molar-refractivity contribution in [3.05, 3.63) is 23.8 Å². The van der Waals surface area contributed by atoms with Crippen LogP contribution in [0.5, 0.6) is 11.5 Å². The van der Waals surface area contributed by atoms with Crippen LogP contribution in [0.3, 0.4) is 0 Å². The molecule has 0 spiro atoms. The van der Waals surface area contributed by atoms with Crippen molar-refractivity contribution in [3.63, 3.8) is 0 Å². The van der Waals surface area contributed by atoms with E-state index in [1.165, 1.54) is 14.2 Å². The zero-order valence-corrected chi connectivity index (χ0v) is 13.8. The number of nitrogens with one attached hydrogen (secondary N) is 2. The molecule has 6 heteroatoms. The molecule has 0 aliphatic rings. The fourth-order valence-electron chi connectivity index (χ4n) is 1.81. The number of amides is 2. The van der Waals surface area contributed by atoms with Gasteiger partial charge in [-0.25, -0.2) is 0 Å². The summed E-state index contributed by atoms with van der Waals surface area (Å²) in [6, 6.07) is 4.92. The maximum absolute atomic E-state index is 12.1. The monoisotopic (exact) mass is 308 g/mol. The Kier molecular flexibility index (Phi) is 6.22. The molecule has 0 atom stereocenters. The fraction of sp³-hybridized carbons (Fsp3) is 0.500. The first kappa shape index (κ1) is 17.8. The number of benzene rings is 1. The topological polar surface area (TPSA) is 76.7 Å². The van der Waals surface area contributed by atoms with Crippen LogP contribution in [0.2, 0.25) is 0 Å². The maximum Gasteiger partial charge on any atom is 0.251 e. The predicted octanol–water partition coefficient (Wildman–Crippen LogP) is 1.74. The lowest BCUT2D eigenvalue weighted by Crippen LogP contribution is -2.41. The minimum atomic E-state index is -0.277. The van der Waals surface area contributed by atoms with E-state index in [4.69, 9.17) is 9.47 Å². The Morgan fingerprint density at radius 2 is 1.59 bits per heavy atom. The van der Waals surface area contributed by atoms with E-state index >= 15 is 0 Å². The van der Waals surface area contributed by atoms with Crippen LogP contribution in [-0.4, -0.2) is 38.1 Å². The van der Waals surface area contributed by atoms with E-state index in [1.54, 1.807) is 18.2 Å². The van der Waals surface area contributed by atoms with Gasteiger partial charge in [-0.05, 0) is 32.9 Å². The zero-order chi connectivity index (χ0) is 16.8. The summed E-state index contributed by atoms with van der Waals surface area (Å²) in [6.45, 7) is 5.99. The molecular formula is C16H24N2O4. The largest absolute Gasteiger partial charge is 0.497 e. The molecule has 122 valence electrons. The summed E-state index contributed by atoms with van der Waals surface area (Å²) < 4.78 is 10.2. The highest BCUT2D eigenvalue weighted by Crippen LogP contribution is 2.22. The quantitative estimate of drug-likeness (QED) is 0.839. The second-order valence-electron chi connectivity index (χ2n) is 5.91. The molecule has 0 unspecified atom stereocenters. The second kappa shape index (κ2) is 7.68. The number of ether oxygens (including phenoxy) is 2. The van der Waals surface area contributed by atoms with Gasteiger partial charge in [-0.2, -0.15) is 0 Å². The van der Waals surface area contributed by atoms with Crippen molar-refractivity contribution >= 4 is 11.8 Å². The Balaban J connectivity index is 2.57. The summed E-state index contributed by atoms with van der Waals surface area (Å²) in [5, 5.41) is 5.55. The Hall–Kier alpha value is -2.24. The van der Waals surface area contributed by atoms with Crippen LogP contribution < -0.4 is 20.1 Å². The normalized spacial score (nSPS) is 10.8. The van der Waals surface area contributed by atoms with E-state index in [9.17, 15) is 9.59 Å². The lowest BCUT2D eigenvalue weighted by atomic mass is 10.1. The van der Waals surface area contributed by atoms with E-state index in [-0.39, 0.29) is 30.3 Å². The van der Waals surface area contributed by atoms with Crippen molar-refractivity contribution in [2.45, 2.75) is 32.7 Å². The van der Waals surface area contributed by atoms with Crippen LogP contribution in [-0.2, 0) is 4.79 Å². The number of methoxy groups -OCH3 is 2. The number of hydrogen-bond acceptors (Lipinski definition) is 4. The average Bonchev–Trinajstić information content (AvgIpc) is 2.44. The molecule has 0 fully saturated rings. The molecule has 0 saturated carbocycles. The predicted molar refractivity (Wildman–Crippen MR) is 84.4 cm³/mol. The summed E-state index contributed by atoms with van der Waals surface area (Å²) in [4.78, 5) is 23.8. The van der Waals surface area contributed by atoms with Crippen molar-refractivity contribution < 1.29 is 19.1 Å². The van der Waals surface area contributed by atoms with Gasteiger partial charge in [0.2, 0.25) is 5.91 Å². The van der Waals surface area contributed by atoms with Gasteiger partial charge in [0.05, 0.1) is 14.2 Å². The SMILES string of the molecule is COc1cc(OC)cc(C(=O)NCCC(=O)NC(C)(C)C)c1. The first-order valence-corrected chi connectivity index (χ1v) is 7.07. The molecule has 0 aliphatic carbocycles. The fourth-order valence-corrected chi connectivity index (χ4v) is 1.81. The minimum absolute atomic E-state index is 0.101. The number of hydrogen-bond donors (Lipinski definition) is 2. The van der Waals surface area contributed by atoms with Gasteiger partial charge in [0.1, 0.15) is 11.5 Å². The third-order valence-electron chi connectivity index (χ3n) is 2.77. The van der Waals surface area contributed by atoms with Crippen molar-refractivity contribution in [2.24, 2.45) is 0 Å². The molecule has 2 amide bonds. The van der Waals surface area contributed by atoms with Crippen LogP contribution >= 0.6 is 0 Å². The second-order valence-corrected chi connectivity index (χ2v) is 5.91. The van der Waals surface area contributed by atoms with E-state index < -0.39 is 0 Å². The van der Waals surface area contributed by atoms with Gasteiger partial charge in [0.25, 0.3) is 5.91 Å². The van der Waals surface area contributed by atoms with E-state index in [0.29, 0.717) is 17.1 Å². The Morgan fingerprint density at radius 3 is 2.05 bits per heavy atom. The first-order chi connectivity index (χ1) is 10.2. The highest BCUT2D eigenvalue weighted by atomic mass is 16.5.